The van der Waals surface area contributed by atoms with E-state index in [1.54, 1.807) is 0 Å². The second-order valence-corrected chi connectivity index (χ2v) is 7.07. The van der Waals surface area contributed by atoms with Crippen LogP contribution in [0.5, 0.6) is 0 Å². The monoisotopic (exact) mass is 420 g/mol. The average Bonchev–Trinajstić information content (AvgIpc) is 2.66. The Morgan fingerprint density at radius 1 is 0.571 bits per heavy atom. The molecule has 0 aliphatic heterocycles. The van der Waals surface area contributed by atoms with Crippen LogP contribution in [-0.4, -0.2) is 11.9 Å². The zero-order valence-electron chi connectivity index (χ0n) is 16.0. The molecule has 154 valence electrons. The predicted octanol–water partition coefficient (Wildman–Crippen LogP) is 3.56. The molecule has 2 aromatic rings. The smallest absolute Gasteiger partial charge is 0.0414 e. The van der Waals surface area contributed by atoms with Gasteiger partial charge in [0.15, 0.2) is 0 Å². The molecule has 0 unspecified atom stereocenters. The first-order valence-electron chi connectivity index (χ1n) is 9.29. The Kier molecular flexibility index (Phi) is 17.2. The van der Waals surface area contributed by atoms with Crippen molar-refractivity contribution in [3.8, 4) is 0 Å². The molecule has 0 saturated heterocycles. The van der Waals surface area contributed by atoms with E-state index in [1.165, 1.54) is 0 Å². The lowest BCUT2D eigenvalue weighted by molar-refractivity contribution is -0.307. The molecule has 0 atom stereocenters. The minimum absolute atomic E-state index is 0.124. The summed E-state index contributed by atoms with van der Waals surface area (Å²) in [6.45, 7) is 0. The zero-order chi connectivity index (χ0) is 21.0. The van der Waals surface area contributed by atoms with Gasteiger partial charge >= 0.3 is 0 Å². The highest BCUT2D eigenvalue weighted by molar-refractivity contribution is 7.80. The summed E-state index contributed by atoms with van der Waals surface area (Å²) in [6, 6.07) is 19.6. The van der Waals surface area contributed by atoms with E-state index in [0.717, 1.165) is 35.5 Å². The molecule has 6 heteroatoms. The summed E-state index contributed by atoms with van der Waals surface area (Å²) in [5.41, 5.74) is 0. The minimum atomic E-state index is -0.998. The molecule has 0 radical (unpaired) electrons. The summed E-state index contributed by atoms with van der Waals surface area (Å²) in [6.07, 6.45) is 5.23. The molecule has 28 heavy (non-hydrogen) atoms. The number of hydrogen-bond donors (Lipinski definition) is 2. The number of carboxylic acids is 2. The highest BCUT2D eigenvalue weighted by Gasteiger charge is 1.92. The molecule has 2 aromatic carbocycles. The molecule has 0 fully saturated rings. The first-order chi connectivity index (χ1) is 13.4. The second kappa shape index (κ2) is 18.4. The number of carboxylic acid groups (broad SMARTS) is 2. The van der Waals surface area contributed by atoms with Gasteiger partial charge in [-0.1, -0.05) is 62.1 Å². The van der Waals surface area contributed by atoms with Gasteiger partial charge in [0.2, 0.25) is 0 Å². The Bertz CT molecular complexity index is 576. The normalized spacial score (nSPS) is 9.36. The van der Waals surface area contributed by atoms with Gasteiger partial charge in [-0.05, 0) is 49.9 Å². The number of carbonyl (C=O) groups excluding carboxylic acids is 2. The molecular weight excluding hydrogens is 392 g/mol. The maximum Gasteiger partial charge on any atom is 0.0414 e. The second-order valence-electron chi connectivity index (χ2n) is 6.04. The lowest BCUT2D eigenvalue weighted by Gasteiger charge is -2.03. The number of benzene rings is 2. The van der Waals surface area contributed by atoms with Gasteiger partial charge in [-0.15, -0.1) is 25.3 Å². The fraction of sp³-hybridized carbons (Fsp3) is 0.364. The van der Waals surface area contributed by atoms with Crippen molar-refractivity contribution in [1.82, 2.24) is 0 Å². The predicted molar refractivity (Wildman–Crippen MR) is 114 cm³/mol. The Morgan fingerprint density at radius 3 is 1.07 bits per heavy atom. The van der Waals surface area contributed by atoms with Crippen molar-refractivity contribution in [3.05, 3.63) is 60.7 Å². The summed E-state index contributed by atoms with van der Waals surface area (Å²) in [5, 5.41) is 20.1. The molecular formula is C22H28O4S2-2. The van der Waals surface area contributed by atoms with E-state index < -0.39 is 11.9 Å². The van der Waals surface area contributed by atoms with Crippen LogP contribution in [0.2, 0.25) is 0 Å². The molecule has 0 amide bonds. The Labute approximate surface area is 178 Å². The van der Waals surface area contributed by atoms with Crippen molar-refractivity contribution in [2.24, 2.45) is 0 Å². The number of thiol groups is 2. The highest BCUT2D eigenvalue weighted by Crippen LogP contribution is 2.07. The van der Waals surface area contributed by atoms with E-state index in [9.17, 15) is 19.8 Å². The van der Waals surface area contributed by atoms with Crippen LogP contribution in [-0.2, 0) is 9.59 Å². The van der Waals surface area contributed by atoms with Gasteiger partial charge < -0.3 is 19.8 Å². The standard InChI is InChI=1S/C10H18O4.2C6H6S/c11-9(12)7-5-3-1-2-4-6-8-10(13)14;2*7-6-4-2-1-3-5-6/h1-8H2,(H,11,12)(H,13,14);2*1-5,7H/p-2. The number of rotatable bonds is 9. The summed E-state index contributed by atoms with van der Waals surface area (Å²) < 4.78 is 0. The van der Waals surface area contributed by atoms with Crippen molar-refractivity contribution < 1.29 is 19.8 Å². The van der Waals surface area contributed by atoms with Crippen molar-refractivity contribution in [1.29, 1.82) is 0 Å². The van der Waals surface area contributed by atoms with Crippen molar-refractivity contribution in [2.75, 3.05) is 0 Å². The third kappa shape index (κ3) is 20.4. The molecule has 0 heterocycles. The lowest BCUT2D eigenvalue weighted by Crippen LogP contribution is -2.21. The Hall–Kier alpha value is -1.92. The quantitative estimate of drug-likeness (QED) is 0.480. The largest absolute Gasteiger partial charge is 0.550 e. The molecule has 0 spiro atoms. The van der Waals surface area contributed by atoms with Gasteiger partial charge in [0.05, 0.1) is 0 Å². The average molecular weight is 421 g/mol. The van der Waals surface area contributed by atoms with Gasteiger partial charge in [-0.25, -0.2) is 0 Å². The Balaban J connectivity index is 0.000000431. The van der Waals surface area contributed by atoms with E-state index in [4.69, 9.17) is 0 Å². The number of hydrogen-bond acceptors (Lipinski definition) is 6. The topological polar surface area (TPSA) is 80.3 Å². The van der Waals surface area contributed by atoms with Crippen LogP contribution in [0.3, 0.4) is 0 Å². The summed E-state index contributed by atoms with van der Waals surface area (Å²) in [5.74, 6) is -2.00. The summed E-state index contributed by atoms with van der Waals surface area (Å²) in [4.78, 5) is 22.1. The van der Waals surface area contributed by atoms with Crippen LogP contribution in [0.25, 0.3) is 0 Å². The van der Waals surface area contributed by atoms with Crippen LogP contribution >= 0.6 is 25.3 Å². The van der Waals surface area contributed by atoms with E-state index in [-0.39, 0.29) is 12.8 Å². The zero-order valence-corrected chi connectivity index (χ0v) is 17.7. The maximum absolute atomic E-state index is 10.0. The first-order valence-corrected chi connectivity index (χ1v) is 10.2. The van der Waals surface area contributed by atoms with Gasteiger partial charge in [-0.3, -0.25) is 0 Å². The van der Waals surface area contributed by atoms with Crippen LogP contribution in [0.15, 0.2) is 70.5 Å². The van der Waals surface area contributed by atoms with Gasteiger partial charge in [0.25, 0.3) is 0 Å². The van der Waals surface area contributed by atoms with Crippen LogP contribution in [0, 0.1) is 0 Å². The molecule has 0 aliphatic carbocycles. The first kappa shape index (κ1) is 26.1. The fourth-order valence-corrected chi connectivity index (χ4v) is 2.45. The third-order valence-electron chi connectivity index (χ3n) is 3.52. The number of unbranched alkanes of at least 4 members (excludes halogenated alkanes) is 5. The van der Waals surface area contributed by atoms with Crippen LogP contribution < -0.4 is 10.2 Å². The van der Waals surface area contributed by atoms with E-state index >= 15 is 0 Å². The maximum atomic E-state index is 10.0. The van der Waals surface area contributed by atoms with Gasteiger partial charge in [0, 0.05) is 21.7 Å². The van der Waals surface area contributed by atoms with E-state index in [1.807, 2.05) is 60.7 Å². The van der Waals surface area contributed by atoms with E-state index in [2.05, 4.69) is 25.3 Å². The molecule has 4 nitrogen and oxygen atoms in total. The summed E-state index contributed by atoms with van der Waals surface area (Å²) >= 11 is 8.17. The molecule has 0 bridgehead atoms. The number of aliphatic carboxylic acids is 2. The molecule has 0 saturated carbocycles. The third-order valence-corrected chi connectivity index (χ3v) is 4.12. The molecule has 0 N–H and O–H groups in total. The Morgan fingerprint density at radius 2 is 0.857 bits per heavy atom. The van der Waals surface area contributed by atoms with Crippen LogP contribution in [0.4, 0.5) is 0 Å². The van der Waals surface area contributed by atoms with Gasteiger partial charge in [0.1, 0.15) is 0 Å². The number of carbonyl (C=O) groups is 2. The van der Waals surface area contributed by atoms with Crippen molar-refractivity contribution in [2.45, 2.75) is 61.2 Å². The minimum Gasteiger partial charge on any atom is -0.550 e. The van der Waals surface area contributed by atoms with Crippen molar-refractivity contribution in [3.63, 3.8) is 0 Å². The lowest BCUT2D eigenvalue weighted by atomic mass is 10.1. The summed E-state index contributed by atoms with van der Waals surface area (Å²) in [7, 11) is 0. The molecule has 0 aromatic heterocycles. The van der Waals surface area contributed by atoms with Crippen LogP contribution in [0.1, 0.15) is 51.4 Å². The van der Waals surface area contributed by atoms with Crippen molar-refractivity contribution >= 4 is 37.2 Å². The van der Waals surface area contributed by atoms with Gasteiger partial charge in [-0.2, -0.15) is 0 Å². The highest BCUT2D eigenvalue weighted by atomic mass is 32.1. The molecule has 2 rings (SSSR count). The van der Waals surface area contributed by atoms with E-state index in [0.29, 0.717) is 12.8 Å². The SMILES string of the molecule is O=C([O-])CCCCCCCCC(=O)[O-].Sc1ccccc1.Sc1ccccc1. The molecule has 0 aliphatic rings. The fourth-order valence-electron chi connectivity index (χ4n) is 2.10.